The lowest BCUT2D eigenvalue weighted by Crippen LogP contribution is -2.41. The van der Waals surface area contributed by atoms with Crippen LogP contribution in [0.4, 0.5) is 0 Å². The zero-order valence-corrected chi connectivity index (χ0v) is 9.83. The molecule has 1 saturated heterocycles. The summed E-state index contributed by atoms with van der Waals surface area (Å²) in [5, 5.41) is 3.16. The van der Waals surface area contributed by atoms with Crippen LogP contribution < -0.4 is 5.32 Å². The van der Waals surface area contributed by atoms with Crippen LogP contribution in [0.25, 0.3) is 0 Å². The molecule has 2 aliphatic heterocycles. The topological polar surface area (TPSA) is 30.5 Å². The van der Waals surface area contributed by atoms with Gasteiger partial charge < -0.3 is 14.6 Å². The van der Waals surface area contributed by atoms with Crippen molar-refractivity contribution in [3.05, 3.63) is 23.8 Å². The zero-order valence-electron chi connectivity index (χ0n) is 9.83. The largest absolute Gasteiger partial charge is 0.496 e. The van der Waals surface area contributed by atoms with E-state index in [4.69, 9.17) is 9.31 Å². The Morgan fingerprint density at radius 1 is 1.20 bits per heavy atom. The van der Waals surface area contributed by atoms with E-state index in [1.54, 1.807) is 0 Å². The van der Waals surface area contributed by atoms with Crippen LogP contribution in [0.5, 0.6) is 0 Å². The molecule has 0 radical (unpaired) electrons. The SMILES string of the molecule is CC1(C)OB(C2=CNCC=C2)OC1(C)C. The molecule has 0 aliphatic carbocycles. The number of rotatable bonds is 1. The van der Waals surface area contributed by atoms with Gasteiger partial charge in [0.1, 0.15) is 0 Å². The van der Waals surface area contributed by atoms with E-state index in [0.717, 1.165) is 12.0 Å². The van der Waals surface area contributed by atoms with E-state index in [0.29, 0.717) is 0 Å². The van der Waals surface area contributed by atoms with Crippen LogP contribution in [0.15, 0.2) is 23.8 Å². The summed E-state index contributed by atoms with van der Waals surface area (Å²) in [6.07, 6.45) is 6.08. The Labute approximate surface area is 91.7 Å². The molecule has 2 heterocycles. The van der Waals surface area contributed by atoms with Crippen LogP contribution in [-0.2, 0) is 9.31 Å². The fourth-order valence-corrected chi connectivity index (χ4v) is 1.61. The van der Waals surface area contributed by atoms with Gasteiger partial charge in [-0.25, -0.2) is 0 Å². The van der Waals surface area contributed by atoms with Crippen molar-refractivity contribution in [2.75, 3.05) is 6.54 Å². The van der Waals surface area contributed by atoms with Gasteiger partial charge in [-0.2, -0.15) is 0 Å². The molecule has 0 unspecified atom stereocenters. The van der Waals surface area contributed by atoms with E-state index in [1.807, 2.05) is 6.20 Å². The quantitative estimate of drug-likeness (QED) is 0.663. The van der Waals surface area contributed by atoms with Gasteiger partial charge in [-0.15, -0.1) is 0 Å². The summed E-state index contributed by atoms with van der Waals surface area (Å²) in [4.78, 5) is 0. The van der Waals surface area contributed by atoms with Gasteiger partial charge in [-0.3, -0.25) is 0 Å². The third-order valence-corrected chi connectivity index (χ3v) is 3.34. The maximum atomic E-state index is 5.92. The third kappa shape index (κ3) is 1.84. The van der Waals surface area contributed by atoms with E-state index in [9.17, 15) is 0 Å². The lowest BCUT2D eigenvalue weighted by Gasteiger charge is -2.32. The van der Waals surface area contributed by atoms with Crippen molar-refractivity contribution in [1.82, 2.24) is 5.32 Å². The minimum atomic E-state index is -0.260. The highest BCUT2D eigenvalue weighted by Crippen LogP contribution is 2.38. The monoisotopic (exact) mass is 207 g/mol. The summed E-state index contributed by atoms with van der Waals surface area (Å²) in [5.74, 6) is 0. The van der Waals surface area contributed by atoms with E-state index < -0.39 is 0 Å². The van der Waals surface area contributed by atoms with Crippen molar-refractivity contribution in [1.29, 1.82) is 0 Å². The molecule has 0 atom stereocenters. The van der Waals surface area contributed by atoms with Crippen molar-refractivity contribution >= 4 is 7.12 Å². The second-order valence-electron chi connectivity index (χ2n) is 5.04. The Hall–Kier alpha value is -0.735. The predicted molar refractivity (Wildman–Crippen MR) is 61.3 cm³/mol. The standard InChI is InChI=1S/C11H18BNO2/c1-10(2)11(3,4)15-12(14-10)9-6-5-7-13-8-9/h5-6,8,13H,7H2,1-4H3. The highest BCUT2D eigenvalue weighted by molar-refractivity contribution is 6.55. The molecule has 82 valence electrons. The number of nitrogens with one attached hydrogen (secondary N) is 1. The minimum absolute atomic E-state index is 0.251. The molecule has 0 saturated carbocycles. The van der Waals surface area contributed by atoms with E-state index in [-0.39, 0.29) is 18.3 Å². The molecule has 1 fully saturated rings. The normalized spacial score (nSPS) is 27.5. The number of hydrogen-bond donors (Lipinski definition) is 1. The van der Waals surface area contributed by atoms with Gasteiger partial charge in [0, 0.05) is 6.54 Å². The summed E-state index contributed by atoms with van der Waals surface area (Å²) in [6, 6.07) is 0. The van der Waals surface area contributed by atoms with Crippen molar-refractivity contribution < 1.29 is 9.31 Å². The summed E-state index contributed by atoms with van der Waals surface area (Å²) < 4.78 is 11.8. The van der Waals surface area contributed by atoms with Gasteiger partial charge in [0.25, 0.3) is 0 Å². The Balaban J connectivity index is 2.16. The molecule has 0 bridgehead atoms. The molecule has 2 aliphatic rings. The highest BCUT2D eigenvalue weighted by atomic mass is 16.7. The smallest absolute Gasteiger partial charge is 0.399 e. The molecule has 0 spiro atoms. The maximum Gasteiger partial charge on any atom is 0.496 e. The van der Waals surface area contributed by atoms with E-state index in [2.05, 4.69) is 45.2 Å². The first kappa shape index (κ1) is 10.8. The molecular weight excluding hydrogens is 189 g/mol. The Morgan fingerprint density at radius 3 is 2.27 bits per heavy atom. The van der Waals surface area contributed by atoms with Crippen LogP contribution in [0.2, 0.25) is 0 Å². The minimum Gasteiger partial charge on any atom is -0.399 e. The van der Waals surface area contributed by atoms with Gasteiger partial charge in [0.15, 0.2) is 0 Å². The predicted octanol–water partition coefficient (Wildman–Crippen LogP) is 1.66. The summed E-state index contributed by atoms with van der Waals surface area (Å²) >= 11 is 0. The van der Waals surface area contributed by atoms with E-state index in [1.165, 1.54) is 0 Å². The lowest BCUT2D eigenvalue weighted by atomic mass is 9.78. The van der Waals surface area contributed by atoms with Crippen molar-refractivity contribution in [2.24, 2.45) is 0 Å². The van der Waals surface area contributed by atoms with Crippen LogP contribution in [0.3, 0.4) is 0 Å². The molecule has 1 N–H and O–H groups in total. The Kier molecular flexibility index (Phi) is 2.43. The molecule has 0 aromatic rings. The van der Waals surface area contributed by atoms with Crippen molar-refractivity contribution in [2.45, 2.75) is 38.9 Å². The summed E-state index contributed by atoms with van der Waals surface area (Å²) in [7, 11) is -0.251. The molecule has 15 heavy (non-hydrogen) atoms. The fourth-order valence-electron chi connectivity index (χ4n) is 1.61. The summed E-state index contributed by atoms with van der Waals surface area (Å²) in [5.41, 5.74) is 0.535. The van der Waals surface area contributed by atoms with Gasteiger partial charge in [-0.05, 0) is 39.4 Å². The maximum absolute atomic E-state index is 5.92. The first-order valence-electron chi connectivity index (χ1n) is 5.38. The average molecular weight is 207 g/mol. The van der Waals surface area contributed by atoms with Gasteiger partial charge in [0.05, 0.1) is 11.2 Å². The van der Waals surface area contributed by atoms with Crippen LogP contribution in [0.1, 0.15) is 27.7 Å². The Morgan fingerprint density at radius 2 is 1.80 bits per heavy atom. The molecule has 0 amide bonds. The first-order chi connectivity index (χ1) is 6.92. The van der Waals surface area contributed by atoms with Crippen molar-refractivity contribution in [3.63, 3.8) is 0 Å². The second kappa shape index (κ2) is 3.39. The Bertz CT molecular complexity index is 305. The number of dihydropyridines is 1. The molecular formula is C11H18BNO2. The van der Waals surface area contributed by atoms with Gasteiger partial charge in [-0.1, -0.05) is 12.2 Å². The van der Waals surface area contributed by atoms with Gasteiger partial charge >= 0.3 is 7.12 Å². The third-order valence-electron chi connectivity index (χ3n) is 3.34. The fraction of sp³-hybridized carbons (Fsp3) is 0.636. The first-order valence-corrected chi connectivity index (χ1v) is 5.38. The molecule has 4 heteroatoms. The number of hydrogen-bond acceptors (Lipinski definition) is 3. The molecule has 0 aromatic heterocycles. The summed E-state index contributed by atoms with van der Waals surface area (Å²) in [6.45, 7) is 9.13. The molecule has 2 rings (SSSR count). The average Bonchev–Trinajstić information content (AvgIpc) is 2.38. The van der Waals surface area contributed by atoms with E-state index >= 15 is 0 Å². The molecule has 0 aromatic carbocycles. The van der Waals surface area contributed by atoms with Crippen LogP contribution in [0, 0.1) is 0 Å². The second-order valence-corrected chi connectivity index (χ2v) is 5.04. The van der Waals surface area contributed by atoms with Crippen molar-refractivity contribution in [3.8, 4) is 0 Å². The van der Waals surface area contributed by atoms with Crippen LogP contribution in [-0.4, -0.2) is 24.9 Å². The highest BCUT2D eigenvalue weighted by Gasteiger charge is 2.52. The molecule has 3 nitrogen and oxygen atoms in total. The number of allylic oxidation sites excluding steroid dienone is 2. The lowest BCUT2D eigenvalue weighted by molar-refractivity contribution is 0.00578. The van der Waals surface area contributed by atoms with Gasteiger partial charge in [0.2, 0.25) is 0 Å². The zero-order chi connectivity index (χ0) is 11.1. The van der Waals surface area contributed by atoms with Crippen LogP contribution >= 0.6 is 0 Å².